The molecule has 2 aromatic heterocycles. The molecule has 3 aromatic rings. The number of nitrogens with two attached hydrogens (primary N) is 1. The fourth-order valence-corrected chi connectivity index (χ4v) is 3.40. The molecular formula is C16H21N5O2S. The van der Waals surface area contributed by atoms with Crippen LogP contribution in [0.3, 0.4) is 0 Å². The molecule has 0 bridgehead atoms. The van der Waals surface area contributed by atoms with Crippen LogP contribution in [0.4, 0.5) is 5.82 Å². The lowest BCUT2D eigenvalue weighted by Gasteiger charge is -2.08. The number of anilines is 1. The van der Waals surface area contributed by atoms with Crippen molar-refractivity contribution in [3.8, 4) is 0 Å². The Morgan fingerprint density at radius 2 is 2.04 bits per heavy atom. The minimum absolute atomic E-state index is 0.319. The number of nitrogens with zero attached hydrogens (tertiary/aromatic N) is 3. The van der Waals surface area contributed by atoms with Gasteiger partial charge in [-0.05, 0) is 12.5 Å². The van der Waals surface area contributed by atoms with E-state index in [1.165, 1.54) is 0 Å². The zero-order valence-electron chi connectivity index (χ0n) is 13.8. The van der Waals surface area contributed by atoms with Crippen molar-refractivity contribution < 1.29 is 8.42 Å². The van der Waals surface area contributed by atoms with Gasteiger partial charge in [-0.2, -0.15) is 5.10 Å². The predicted molar refractivity (Wildman–Crippen MR) is 96.3 cm³/mol. The van der Waals surface area contributed by atoms with Crippen LogP contribution in [0.1, 0.15) is 19.0 Å². The molecule has 1 aromatic carbocycles. The topological polar surface area (TPSA) is 103 Å². The summed E-state index contributed by atoms with van der Waals surface area (Å²) >= 11 is 0. The van der Waals surface area contributed by atoms with Crippen molar-refractivity contribution in [2.24, 2.45) is 0 Å². The fourth-order valence-electron chi connectivity index (χ4n) is 2.93. The Balaban J connectivity index is 2.17. The quantitative estimate of drug-likeness (QED) is 0.706. The predicted octanol–water partition coefficient (Wildman–Crippen LogP) is 1.67. The number of sulfonamides is 1. The minimum Gasteiger partial charge on any atom is -0.382 e. The highest BCUT2D eigenvalue weighted by atomic mass is 32.2. The number of aryl methyl sites for hydroxylation is 1. The highest BCUT2D eigenvalue weighted by molar-refractivity contribution is 7.88. The first kappa shape index (κ1) is 16.7. The zero-order chi connectivity index (χ0) is 17.3. The minimum atomic E-state index is -3.22. The van der Waals surface area contributed by atoms with Crippen molar-refractivity contribution in [2.45, 2.75) is 26.3 Å². The van der Waals surface area contributed by atoms with Crippen molar-refractivity contribution in [2.75, 3.05) is 18.5 Å². The van der Waals surface area contributed by atoms with Gasteiger partial charge in [-0.3, -0.25) is 4.68 Å². The fraction of sp³-hybridized carbons (Fsp3) is 0.375. The van der Waals surface area contributed by atoms with E-state index in [1.54, 1.807) is 0 Å². The normalized spacial score (nSPS) is 12.2. The van der Waals surface area contributed by atoms with Gasteiger partial charge in [0.25, 0.3) is 0 Å². The molecule has 0 saturated carbocycles. The van der Waals surface area contributed by atoms with Gasteiger partial charge in [-0.1, -0.05) is 25.1 Å². The average molecular weight is 347 g/mol. The second-order valence-corrected chi connectivity index (χ2v) is 7.66. The monoisotopic (exact) mass is 347 g/mol. The Morgan fingerprint density at radius 3 is 2.75 bits per heavy atom. The maximum absolute atomic E-state index is 11.3. The molecular weight excluding hydrogens is 326 g/mol. The highest BCUT2D eigenvalue weighted by Crippen LogP contribution is 2.30. The van der Waals surface area contributed by atoms with Crippen LogP contribution in [0.2, 0.25) is 0 Å². The maximum Gasteiger partial charge on any atom is 0.208 e. The van der Waals surface area contributed by atoms with Crippen molar-refractivity contribution in [1.29, 1.82) is 0 Å². The van der Waals surface area contributed by atoms with Gasteiger partial charge >= 0.3 is 0 Å². The summed E-state index contributed by atoms with van der Waals surface area (Å²) in [6.45, 7) is 3.14. The molecule has 0 atom stereocenters. The van der Waals surface area contributed by atoms with Gasteiger partial charge in [0, 0.05) is 36.0 Å². The van der Waals surface area contributed by atoms with Crippen LogP contribution in [0.15, 0.2) is 24.3 Å². The standard InChI is InChI=1S/C16H21N5O2S/c1-3-10-21-13(8-9-18-24(2,22)23)14-11-6-4-5-7-12(11)19-16(17)15(14)20-21/h4-7,18H,3,8-10H2,1-2H3,(H2,17,19). The molecule has 0 amide bonds. The number of aromatic nitrogens is 3. The number of nitrogens with one attached hydrogen (secondary N) is 1. The third-order valence-electron chi connectivity index (χ3n) is 3.88. The summed E-state index contributed by atoms with van der Waals surface area (Å²) in [5.41, 5.74) is 8.57. The lowest BCUT2D eigenvalue weighted by atomic mass is 10.1. The molecule has 0 unspecified atom stereocenters. The largest absolute Gasteiger partial charge is 0.382 e. The summed E-state index contributed by atoms with van der Waals surface area (Å²) in [5, 5.41) is 6.56. The van der Waals surface area contributed by atoms with E-state index in [1.807, 2.05) is 28.9 Å². The molecule has 0 aliphatic carbocycles. The Hall–Kier alpha value is -2.19. The van der Waals surface area contributed by atoms with Gasteiger partial charge in [-0.25, -0.2) is 18.1 Å². The third-order valence-corrected chi connectivity index (χ3v) is 4.60. The van der Waals surface area contributed by atoms with E-state index in [9.17, 15) is 8.42 Å². The number of rotatable bonds is 6. The van der Waals surface area contributed by atoms with Gasteiger partial charge in [-0.15, -0.1) is 0 Å². The summed E-state index contributed by atoms with van der Waals surface area (Å²) in [7, 11) is -3.22. The van der Waals surface area contributed by atoms with Crippen molar-refractivity contribution in [1.82, 2.24) is 19.5 Å². The molecule has 24 heavy (non-hydrogen) atoms. The second-order valence-electron chi connectivity index (χ2n) is 5.82. The van der Waals surface area contributed by atoms with E-state index in [4.69, 9.17) is 5.73 Å². The number of benzene rings is 1. The van der Waals surface area contributed by atoms with Crippen LogP contribution in [0, 0.1) is 0 Å². The summed E-state index contributed by atoms with van der Waals surface area (Å²) in [4.78, 5) is 4.43. The van der Waals surface area contributed by atoms with Gasteiger partial charge < -0.3 is 5.73 Å². The lowest BCUT2D eigenvalue weighted by molar-refractivity contribution is 0.568. The number of pyridine rings is 1. The Kier molecular flexibility index (Phi) is 4.42. The smallest absolute Gasteiger partial charge is 0.208 e. The summed E-state index contributed by atoms with van der Waals surface area (Å²) in [6.07, 6.45) is 2.62. The number of para-hydroxylation sites is 1. The van der Waals surface area contributed by atoms with E-state index in [0.29, 0.717) is 24.3 Å². The van der Waals surface area contributed by atoms with E-state index in [-0.39, 0.29) is 0 Å². The molecule has 0 aliphatic rings. The van der Waals surface area contributed by atoms with Gasteiger partial charge in [0.2, 0.25) is 10.0 Å². The first-order valence-electron chi connectivity index (χ1n) is 7.89. The molecule has 128 valence electrons. The van der Waals surface area contributed by atoms with Crippen molar-refractivity contribution in [3.05, 3.63) is 30.0 Å². The van der Waals surface area contributed by atoms with Crippen LogP contribution in [0.5, 0.6) is 0 Å². The molecule has 2 heterocycles. The average Bonchev–Trinajstić information content (AvgIpc) is 2.86. The van der Waals surface area contributed by atoms with Gasteiger partial charge in [0.05, 0.1) is 11.8 Å². The summed E-state index contributed by atoms with van der Waals surface area (Å²) in [6, 6.07) is 7.79. The van der Waals surface area contributed by atoms with Crippen LogP contribution in [0.25, 0.3) is 21.8 Å². The molecule has 8 heteroatoms. The van der Waals surface area contributed by atoms with Crippen LogP contribution in [-0.4, -0.2) is 36.0 Å². The van der Waals surface area contributed by atoms with E-state index in [0.717, 1.165) is 41.2 Å². The Labute approximate surface area is 140 Å². The number of hydrogen-bond donors (Lipinski definition) is 2. The maximum atomic E-state index is 11.3. The second kappa shape index (κ2) is 6.37. The molecule has 3 N–H and O–H groups in total. The molecule has 0 spiro atoms. The number of nitrogen functional groups attached to an aromatic ring is 1. The van der Waals surface area contributed by atoms with Crippen molar-refractivity contribution in [3.63, 3.8) is 0 Å². The Bertz CT molecular complexity index is 995. The molecule has 0 aliphatic heterocycles. The van der Waals surface area contributed by atoms with E-state index in [2.05, 4.69) is 21.7 Å². The van der Waals surface area contributed by atoms with Gasteiger partial charge in [0.15, 0.2) is 5.82 Å². The molecule has 0 radical (unpaired) electrons. The molecule has 3 rings (SSSR count). The first-order chi connectivity index (χ1) is 11.4. The number of fused-ring (bicyclic) bond motifs is 3. The lowest BCUT2D eigenvalue weighted by Crippen LogP contribution is -2.25. The number of hydrogen-bond acceptors (Lipinski definition) is 5. The van der Waals surface area contributed by atoms with E-state index < -0.39 is 10.0 Å². The molecule has 0 saturated heterocycles. The van der Waals surface area contributed by atoms with Gasteiger partial charge in [0.1, 0.15) is 5.52 Å². The third kappa shape index (κ3) is 3.20. The van der Waals surface area contributed by atoms with Crippen LogP contribution in [-0.2, 0) is 23.0 Å². The highest BCUT2D eigenvalue weighted by Gasteiger charge is 2.17. The van der Waals surface area contributed by atoms with Crippen LogP contribution >= 0.6 is 0 Å². The van der Waals surface area contributed by atoms with Crippen molar-refractivity contribution >= 4 is 37.6 Å². The SMILES string of the molecule is CCCn1nc2c(N)nc3ccccc3c2c1CCNS(C)(=O)=O. The molecule has 0 fully saturated rings. The van der Waals surface area contributed by atoms with E-state index >= 15 is 0 Å². The summed E-state index contributed by atoms with van der Waals surface area (Å²) < 4.78 is 27.1. The zero-order valence-corrected chi connectivity index (χ0v) is 14.6. The Morgan fingerprint density at radius 1 is 1.29 bits per heavy atom. The first-order valence-corrected chi connectivity index (χ1v) is 9.78. The molecule has 7 nitrogen and oxygen atoms in total. The summed E-state index contributed by atoms with van der Waals surface area (Å²) in [5.74, 6) is 0.399. The van der Waals surface area contributed by atoms with Crippen LogP contribution < -0.4 is 10.5 Å².